The summed E-state index contributed by atoms with van der Waals surface area (Å²) in [6, 6.07) is 6.23. The van der Waals surface area contributed by atoms with Crippen LogP contribution in [-0.2, 0) is 16.0 Å². The van der Waals surface area contributed by atoms with Gasteiger partial charge in [0.05, 0.1) is 19.8 Å². The number of hydrogen-bond donors (Lipinski definition) is 1. The van der Waals surface area contributed by atoms with E-state index in [1.807, 2.05) is 6.07 Å². The lowest BCUT2D eigenvalue weighted by atomic mass is 10.2. The largest absolute Gasteiger partial charge is 0.382 e. The highest BCUT2D eigenvalue weighted by Gasteiger charge is 1.98. The number of rotatable bonds is 8. The van der Waals surface area contributed by atoms with E-state index in [2.05, 4.69) is 49.3 Å². The van der Waals surface area contributed by atoms with E-state index in [1.54, 1.807) is 7.11 Å². The second-order valence-corrected chi connectivity index (χ2v) is 5.24. The van der Waals surface area contributed by atoms with Gasteiger partial charge in [-0.25, -0.2) is 0 Å². The number of methoxy groups -OCH3 is 1. The predicted octanol–water partition coefficient (Wildman–Crippen LogP) is 2.96. The molecule has 0 amide bonds. The lowest BCUT2D eigenvalue weighted by Crippen LogP contribution is -2.20. The van der Waals surface area contributed by atoms with E-state index in [9.17, 15) is 0 Å². The Morgan fingerprint density at radius 1 is 1.12 bits per heavy atom. The first kappa shape index (κ1) is 15.1. The second-order valence-electron chi connectivity index (χ2n) is 3.53. The molecule has 96 valence electrons. The zero-order valence-electron chi connectivity index (χ0n) is 9.84. The van der Waals surface area contributed by atoms with Gasteiger partial charge in [-0.3, -0.25) is 0 Å². The first-order valence-corrected chi connectivity index (χ1v) is 7.04. The van der Waals surface area contributed by atoms with Crippen molar-refractivity contribution in [2.75, 3.05) is 33.5 Å². The van der Waals surface area contributed by atoms with Crippen LogP contribution in [0, 0.1) is 0 Å². The average Bonchev–Trinajstić information content (AvgIpc) is 2.32. The van der Waals surface area contributed by atoms with E-state index in [0.717, 1.165) is 22.0 Å². The van der Waals surface area contributed by atoms with Crippen molar-refractivity contribution in [3.63, 3.8) is 0 Å². The zero-order valence-corrected chi connectivity index (χ0v) is 13.0. The maximum Gasteiger partial charge on any atom is 0.0700 e. The Hall–Kier alpha value is 0.0600. The van der Waals surface area contributed by atoms with Crippen LogP contribution >= 0.6 is 31.9 Å². The van der Waals surface area contributed by atoms with Gasteiger partial charge >= 0.3 is 0 Å². The Kier molecular flexibility index (Phi) is 8.05. The summed E-state index contributed by atoms with van der Waals surface area (Å²) in [6.45, 7) is 3.71. The van der Waals surface area contributed by atoms with E-state index in [0.29, 0.717) is 19.8 Å². The molecule has 0 aliphatic rings. The van der Waals surface area contributed by atoms with Crippen molar-refractivity contribution >= 4 is 31.9 Å². The van der Waals surface area contributed by atoms with E-state index >= 15 is 0 Å². The van der Waals surface area contributed by atoms with Gasteiger partial charge in [-0.2, -0.15) is 0 Å². The maximum atomic E-state index is 5.35. The van der Waals surface area contributed by atoms with Gasteiger partial charge in [0, 0.05) is 29.1 Å². The van der Waals surface area contributed by atoms with Crippen LogP contribution in [0.5, 0.6) is 0 Å². The normalized spacial score (nSPS) is 10.8. The molecule has 0 spiro atoms. The highest BCUT2D eigenvalue weighted by Crippen LogP contribution is 2.23. The minimum Gasteiger partial charge on any atom is -0.382 e. The van der Waals surface area contributed by atoms with Gasteiger partial charge in [0.2, 0.25) is 0 Å². The monoisotopic (exact) mass is 365 g/mol. The molecule has 0 fully saturated rings. The molecule has 0 aliphatic heterocycles. The van der Waals surface area contributed by atoms with Crippen LogP contribution in [0.4, 0.5) is 0 Å². The molecule has 0 saturated carbocycles. The van der Waals surface area contributed by atoms with Crippen LogP contribution in [0.3, 0.4) is 0 Å². The molecule has 1 rings (SSSR count). The summed E-state index contributed by atoms with van der Waals surface area (Å²) >= 11 is 6.93. The van der Waals surface area contributed by atoms with E-state index < -0.39 is 0 Å². The van der Waals surface area contributed by atoms with Crippen molar-refractivity contribution in [1.82, 2.24) is 5.32 Å². The summed E-state index contributed by atoms with van der Waals surface area (Å²) in [7, 11) is 1.67. The van der Waals surface area contributed by atoms with Gasteiger partial charge < -0.3 is 14.8 Å². The van der Waals surface area contributed by atoms with Crippen molar-refractivity contribution < 1.29 is 9.47 Å². The number of hydrogen-bond acceptors (Lipinski definition) is 3. The molecule has 0 bridgehead atoms. The quantitative estimate of drug-likeness (QED) is 0.717. The van der Waals surface area contributed by atoms with Crippen molar-refractivity contribution in [3.8, 4) is 0 Å². The first-order chi connectivity index (χ1) is 8.24. The fourth-order valence-electron chi connectivity index (χ4n) is 1.27. The van der Waals surface area contributed by atoms with Crippen LogP contribution in [0.25, 0.3) is 0 Å². The Morgan fingerprint density at radius 2 is 1.94 bits per heavy atom. The standard InChI is InChI=1S/C12H17Br2NO2/c1-16-6-7-17-5-4-15-9-10-2-3-11(13)12(14)8-10/h2-3,8,15H,4-7,9H2,1H3. The minimum absolute atomic E-state index is 0.652. The molecule has 1 aromatic rings. The third kappa shape index (κ3) is 6.52. The third-order valence-corrected chi connectivity index (χ3v) is 4.05. The van der Waals surface area contributed by atoms with Crippen LogP contribution in [0.1, 0.15) is 5.56 Å². The third-order valence-electron chi connectivity index (χ3n) is 2.17. The van der Waals surface area contributed by atoms with Crippen molar-refractivity contribution in [2.45, 2.75) is 6.54 Å². The molecule has 17 heavy (non-hydrogen) atoms. The smallest absolute Gasteiger partial charge is 0.0700 e. The fourth-order valence-corrected chi connectivity index (χ4v) is 1.94. The SMILES string of the molecule is COCCOCCNCc1ccc(Br)c(Br)c1. The molecular formula is C12H17Br2NO2. The summed E-state index contributed by atoms with van der Waals surface area (Å²) in [6.07, 6.45) is 0. The van der Waals surface area contributed by atoms with Crippen LogP contribution < -0.4 is 5.32 Å². The Bertz CT molecular complexity index is 334. The minimum atomic E-state index is 0.652. The van der Waals surface area contributed by atoms with Crippen LogP contribution in [-0.4, -0.2) is 33.5 Å². The number of benzene rings is 1. The lowest BCUT2D eigenvalue weighted by Gasteiger charge is -2.07. The van der Waals surface area contributed by atoms with Gasteiger partial charge in [0.25, 0.3) is 0 Å². The molecule has 0 radical (unpaired) electrons. The molecule has 0 saturated heterocycles. The van der Waals surface area contributed by atoms with E-state index in [4.69, 9.17) is 9.47 Å². The highest BCUT2D eigenvalue weighted by atomic mass is 79.9. The van der Waals surface area contributed by atoms with E-state index in [-0.39, 0.29) is 0 Å². The number of ether oxygens (including phenoxy) is 2. The molecule has 1 N–H and O–H groups in total. The molecule has 0 aliphatic carbocycles. The van der Waals surface area contributed by atoms with Crippen molar-refractivity contribution in [1.29, 1.82) is 0 Å². The molecule has 3 nitrogen and oxygen atoms in total. The van der Waals surface area contributed by atoms with Crippen LogP contribution in [0.2, 0.25) is 0 Å². The van der Waals surface area contributed by atoms with Crippen LogP contribution in [0.15, 0.2) is 27.1 Å². The summed E-state index contributed by atoms with van der Waals surface area (Å²) in [5.74, 6) is 0. The number of halogens is 2. The molecule has 5 heteroatoms. The van der Waals surface area contributed by atoms with Gasteiger partial charge in [-0.1, -0.05) is 6.07 Å². The van der Waals surface area contributed by atoms with Gasteiger partial charge in [-0.15, -0.1) is 0 Å². The molecular weight excluding hydrogens is 350 g/mol. The lowest BCUT2D eigenvalue weighted by molar-refractivity contribution is 0.0719. The van der Waals surface area contributed by atoms with Gasteiger partial charge in [-0.05, 0) is 49.6 Å². The van der Waals surface area contributed by atoms with Crippen molar-refractivity contribution in [3.05, 3.63) is 32.7 Å². The predicted molar refractivity (Wildman–Crippen MR) is 76.2 cm³/mol. The Labute approximate surface area is 119 Å². The summed E-state index contributed by atoms with van der Waals surface area (Å²) in [5, 5.41) is 3.32. The maximum absolute atomic E-state index is 5.35. The van der Waals surface area contributed by atoms with Crippen molar-refractivity contribution in [2.24, 2.45) is 0 Å². The topological polar surface area (TPSA) is 30.5 Å². The summed E-state index contributed by atoms with van der Waals surface area (Å²) in [4.78, 5) is 0. The molecule has 0 atom stereocenters. The molecule has 0 aromatic heterocycles. The summed E-state index contributed by atoms with van der Waals surface area (Å²) in [5.41, 5.74) is 1.25. The van der Waals surface area contributed by atoms with Gasteiger partial charge in [0.15, 0.2) is 0 Å². The first-order valence-electron chi connectivity index (χ1n) is 5.45. The Morgan fingerprint density at radius 3 is 2.65 bits per heavy atom. The summed E-state index contributed by atoms with van der Waals surface area (Å²) < 4.78 is 12.4. The average molecular weight is 367 g/mol. The zero-order chi connectivity index (χ0) is 12.5. The van der Waals surface area contributed by atoms with E-state index in [1.165, 1.54) is 5.56 Å². The molecule has 0 heterocycles. The molecule has 0 unspecified atom stereocenters. The van der Waals surface area contributed by atoms with Gasteiger partial charge in [0.1, 0.15) is 0 Å². The Balaban J connectivity index is 2.11. The number of nitrogens with one attached hydrogen (secondary N) is 1. The fraction of sp³-hybridized carbons (Fsp3) is 0.500. The highest BCUT2D eigenvalue weighted by molar-refractivity contribution is 9.13. The molecule has 1 aromatic carbocycles. The second kappa shape index (κ2) is 9.05.